The van der Waals surface area contributed by atoms with Crippen molar-refractivity contribution in [1.82, 2.24) is 5.32 Å². The molecule has 0 aliphatic rings. The average Bonchev–Trinajstić information content (AvgIpc) is 2.38. The Kier molecular flexibility index (Phi) is 9.67. The summed E-state index contributed by atoms with van der Waals surface area (Å²) in [5.74, 6) is -3.22. The molecule has 8 heteroatoms. The molecule has 21 heavy (non-hydrogen) atoms. The zero-order valence-corrected chi connectivity index (χ0v) is 10.7. The summed E-state index contributed by atoms with van der Waals surface area (Å²) in [4.78, 5) is 33.2. The molecular formula is C13H17KN2O5. The third-order valence-electron chi connectivity index (χ3n) is 2.63. The van der Waals surface area contributed by atoms with Crippen molar-refractivity contribution in [2.75, 3.05) is 0 Å². The maximum absolute atomic E-state index is 11.6. The number of carboxylic acids is 2. The van der Waals surface area contributed by atoms with Gasteiger partial charge in [-0.3, -0.25) is 9.59 Å². The number of nitrogens with one attached hydrogen (secondary N) is 1. The molecule has 0 spiro atoms. The van der Waals surface area contributed by atoms with Crippen molar-refractivity contribution in [1.29, 1.82) is 0 Å². The summed E-state index contributed by atoms with van der Waals surface area (Å²) in [5, 5.41) is 19.9. The van der Waals surface area contributed by atoms with E-state index in [-0.39, 0.29) is 57.8 Å². The molecule has 0 radical (unpaired) electrons. The molecule has 0 unspecified atom stereocenters. The van der Waals surface area contributed by atoms with E-state index in [0.29, 0.717) is 0 Å². The van der Waals surface area contributed by atoms with Gasteiger partial charge in [0.25, 0.3) is 0 Å². The first-order chi connectivity index (χ1) is 9.40. The van der Waals surface area contributed by atoms with E-state index in [0.717, 1.165) is 5.56 Å². The van der Waals surface area contributed by atoms with Crippen LogP contribution in [-0.4, -0.2) is 91.5 Å². The summed E-state index contributed by atoms with van der Waals surface area (Å²) in [6, 6.07) is 6.35. The molecule has 1 amide bonds. The van der Waals surface area contributed by atoms with Gasteiger partial charge < -0.3 is 21.3 Å². The molecule has 0 aliphatic carbocycles. The molecule has 7 nitrogen and oxygen atoms in total. The second-order valence-corrected chi connectivity index (χ2v) is 4.29. The fourth-order valence-corrected chi connectivity index (χ4v) is 1.61. The van der Waals surface area contributed by atoms with Gasteiger partial charge in [-0.15, -0.1) is 0 Å². The minimum atomic E-state index is -1.27. The third-order valence-corrected chi connectivity index (χ3v) is 2.63. The molecule has 1 aromatic carbocycles. The molecule has 0 aromatic heterocycles. The zero-order chi connectivity index (χ0) is 15.1. The predicted octanol–water partition coefficient (Wildman–Crippen LogP) is -1.05. The van der Waals surface area contributed by atoms with Crippen LogP contribution in [0.3, 0.4) is 0 Å². The van der Waals surface area contributed by atoms with Gasteiger partial charge in [0.15, 0.2) is 0 Å². The van der Waals surface area contributed by atoms with Crippen molar-refractivity contribution in [3.05, 3.63) is 35.9 Å². The quantitative estimate of drug-likeness (QED) is 0.474. The van der Waals surface area contributed by atoms with E-state index in [2.05, 4.69) is 5.32 Å². The average molecular weight is 320 g/mol. The van der Waals surface area contributed by atoms with E-state index in [1.54, 1.807) is 30.3 Å². The van der Waals surface area contributed by atoms with Crippen LogP contribution in [0.1, 0.15) is 12.0 Å². The number of nitrogens with two attached hydrogens (primary N) is 1. The van der Waals surface area contributed by atoms with E-state index >= 15 is 0 Å². The standard InChI is InChI=1S/C13H16N2O5.K.H/c14-9(7-11(16)17)12(18)15-10(13(19)20)6-8-4-2-1-3-5-8;;/h1-5,9-10H,6-7,14H2,(H,15,18)(H,16,17)(H,19,20);;/t9-,10-;;/m0../s1. The SMILES string of the molecule is N[C@@H](CC(=O)O)C(=O)N[C@@H](Cc1ccccc1)C(=O)O.[KH]. The van der Waals surface area contributed by atoms with E-state index < -0.39 is 36.4 Å². The molecular weight excluding hydrogens is 303 g/mol. The number of amides is 1. The number of carbonyl (C=O) groups excluding carboxylic acids is 1. The summed E-state index contributed by atoms with van der Waals surface area (Å²) in [5.41, 5.74) is 6.12. The summed E-state index contributed by atoms with van der Waals surface area (Å²) in [6.45, 7) is 0. The fraction of sp³-hybridized carbons (Fsp3) is 0.308. The van der Waals surface area contributed by atoms with E-state index in [9.17, 15) is 14.4 Å². The molecule has 0 saturated carbocycles. The number of carboxylic acid groups (broad SMARTS) is 2. The van der Waals surface area contributed by atoms with Gasteiger partial charge >= 0.3 is 63.3 Å². The van der Waals surface area contributed by atoms with E-state index in [4.69, 9.17) is 15.9 Å². The summed E-state index contributed by atoms with van der Waals surface area (Å²) in [7, 11) is 0. The van der Waals surface area contributed by atoms with Crippen LogP contribution < -0.4 is 11.1 Å². The molecule has 5 N–H and O–H groups in total. The van der Waals surface area contributed by atoms with Crippen molar-refractivity contribution >= 4 is 69.2 Å². The zero-order valence-electron chi connectivity index (χ0n) is 10.7. The van der Waals surface area contributed by atoms with Crippen molar-refractivity contribution in [2.45, 2.75) is 24.9 Å². The molecule has 0 bridgehead atoms. The third kappa shape index (κ3) is 7.70. The Labute approximate surface area is 164 Å². The van der Waals surface area contributed by atoms with Crippen LogP contribution in [0.5, 0.6) is 0 Å². The number of benzene rings is 1. The molecule has 0 fully saturated rings. The van der Waals surface area contributed by atoms with Crippen molar-refractivity contribution in [2.24, 2.45) is 5.73 Å². The fourth-order valence-electron chi connectivity index (χ4n) is 1.61. The van der Waals surface area contributed by atoms with Crippen LogP contribution in [0.4, 0.5) is 0 Å². The summed E-state index contributed by atoms with van der Waals surface area (Å²) < 4.78 is 0. The van der Waals surface area contributed by atoms with Gasteiger partial charge in [0, 0.05) is 6.42 Å². The van der Waals surface area contributed by atoms with Crippen LogP contribution in [-0.2, 0) is 20.8 Å². The number of rotatable bonds is 7. The minimum absolute atomic E-state index is 0. The van der Waals surface area contributed by atoms with Crippen molar-refractivity contribution < 1.29 is 24.6 Å². The Morgan fingerprint density at radius 1 is 1.14 bits per heavy atom. The first kappa shape index (κ1) is 20.2. The van der Waals surface area contributed by atoms with Crippen molar-refractivity contribution in [3.63, 3.8) is 0 Å². The molecule has 0 aliphatic heterocycles. The Hall–Kier alpha value is -0.774. The Bertz CT molecular complexity index is 495. The number of carbonyl (C=O) groups is 3. The molecule has 0 saturated heterocycles. The number of aliphatic carboxylic acids is 2. The second-order valence-electron chi connectivity index (χ2n) is 4.29. The van der Waals surface area contributed by atoms with Crippen LogP contribution in [0, 0.1) is 0 Å². The van der Waals surface area contributed by atoms with Crippen LogP contribution >= 0.6 is 0 Å². The van der Waals surface area contributed by atoms with Gasteiger partial charge in [-0.1, -0.05) is 30.3 Å². The van der Waals surface area contributed by atoms with Gasteiger partial charge in [-0.05, 0) is 5.56 Å². The van der Waals surface area contributed by atoms with Crippen LogP contribution in [0.25, 0.3) is 0 Å². The first-order valence-corrected chi connectivity index (χ1v) is 5.94. The van der Waals surface area contributed by atoms with Gasteiger partial charge in [-0.2, -0.15) is 0 Å². The van der Waals surface area contributed by atoms with Crippen molar-refractivity contribution in [3.8, 4) is 0 Å². The maximum atomic E-state index is 11.6. The Morgan fingerprint density at radius 3 is 2.19 bits per heavy atom. The van der Waals surface area contributed by atoms with Crippen LogP contribution in [0.2, 0.25) is 0 Å². The molecule has 0 heterocycles. The topological polar surface area (TPSA) is 130 Å². The molecule has 1 rings (SSSR count). The molecule has 2 atom stereocenters. The predicted molar refractivity (Wildman–Crippen MR) is 77.1 cm³/mol. The number of hydrogen-bond donors (Lipinski definition) is 4. The van der Waals surface area contributed by atoms with E-state index in [1.165, 1.54) is 0 Å². The Morgan fingerprint density at radius 2 is 1.71 bits per heavy atom. The van der Waals surface area contributed by atoms with Gasteiger partial charge in [-0.25, -0.2) is 4.79 Å². The van der Waals surface area contributed by atoms with Gasteiger partial charge in [0.05, 0.1) is 12.5 Å². The van der Waals surface area contributed by atoms with Crippen LogP contribution in [0.15, 0.2) is 30.3 Å². The second kappa shape index (κ2) is 10.0. The normalized spacial score (nSPS) is 12.6. The molecule has 110 valence electrons. The van der Waals surface area contributed by atoms with E-state index in [1.807, 2.05) is 0 Å². The molecule has 1 aromatic rings. The first-order valence-electron chi connectivity index (χ1n) is 5.94. The van der Waals surface area contributed by atoms with Gasteiger partial charge in [0.1, 0.15) is 6.04 Å². The van der Waals surface area contributed by atoms with Gasteiger partial charge in [0.2, 0.25) is 5.91 Å². The number of hydrogen-bond acceptors (Lipinski definition) is 4. The monoisotopic (exact) mass is 320 g/mol. The Balaban J connectivity index is 0.00000400. The summed E-state index contributed by atoms with van der Waals surface area (Å²) >= 11 is 0. The summed E-state index contributed by atoms with van der Waals surface area (Å²) in [6.07, 6.45) is -0.453.